The number of aryl methyl sites for hydroxylation is 2. The lowest BCUT2D eigenvalue weighted by Crippen LogP contribution is -1.87. The lowest BCUT2D eigenvalue weighted by molar-refractivity contribution is 1.25. The number of nitrogen functional groups attached to an aromatic ring is 1. The number of hydrogen-bond donors (Lipinski definition) is 3. The van der Waals surface area contributed by atoms with Crippen LogP contribution in [0.5, 0.6) is 0 Å². The van der Waals surface area contributed by atoms with Crippen molar-refractivity contribution in [3.63, 3.8) is 0 Å². The fourth-order valence-electron chi connectivity index (χ4n) is 3.85. The lowest BCUT2D eigenvalue weighted by Gasteiger charge is -2.04. The maximum atomic E-state index is 5.90. The van der Waals surface area contributed by atoms with Crippen LogP contribution in [0.3, 0.4) is 0 Å². The molecule has 5 aromatic rings. The van der Waals surface area contributed by atoms with Gasteiger partial charge in [0, 0.05) is 39.0 Å². The van der Waals surface area contributed by atoms with Crippen LogP contribution in [0.2, 0.25) is 0 Å². The van der Waals surface area contributed by atoms with Gasteiger partial charge in [0.25, 0.3) is 0 Å². The molecule has 0 saturated heterocycles. The van der Waals surface area contributed by atoms with E-state index in [1.54, 1.807) is 0 Å². The topological polar surface area (TPSA) is 70.5 Å². The van der Waals surface area contributed by atoms with Crippen LogP contribution >= 0.6 is 0 Å². The monoisotopic (exact) mass is 408 g/mol. The molecule has 0 fully saturated rings. The molecule has 4 heteroatoms. The lowest BCUT2D eigenvalue weighted by atomic mass is 10.0. The van der Waals surface area contributed by atoms with Crippen LogP contribution in [-0.2, 0) is 0 Å². The zero-order valence-electron chi connectivity index (χ0n) is 18.5. The molecule has 0 amide bonds. The molecule has 4 nitrogen and oxygen atoms in total. The van der Waals surface area contributed by atoms with Crippen LogP contribution < -0.4 is 5.73 Å². The zero-order valence-corrected chi connectivity index (χ0v) is 18.5. The highest BCUT2D eigenvalue weighted by atomic mass is 14.9. The minimum absolute atomic E-state index is 0.744. The molecule has 0 spiro atoms. The third-order valence-electron chi connectivity index (χ3n) is 5.36. The van der Waals surface area contributed by atoms with E-state index in [0.717, 1.165) is 56.2 Å². The fourth-order valence-corrected chi connectivity index (χ4v) is 3.85. The average molecular weight is 409 g/mol. The van der Waals surface area contributed by atoms with Crippen LogP contribution in [0.15, 0.2) is 72.8 Å². The molecule has 2 aromatic heterocycles. The highest BCUT2D eigenvalue weighted by molar-refractivity contribution is 5.97. The van der Waals surface area contributed by atoms with Crippen LogP contribution in [0.1, 0.15) is 25.1 Å². The largest absolute Gasteiger partial charge is 0.399 e. The summed E-state index contributed by atoms with van der Waals surface area (Å²) in [5.74, 6) is 0.863. The second-order valence-corrected chi connectivity index (χ2v) is 7.47. The van der Waals surface area contributed by atoms with Crippen molar-refractivity contribution in [1.82, 2.24) is 15.0 Å². The quantitative estimate of drug-likeness (QED) is 0.278. The van der Waals surface area contributed by atoms with Crippen LogP contribution in [0.4, 0.5) is 5.69 Å². The number of benzene rings is 3. The number of aromatic nitrogens is 3. The zero-order chi connectivity index (χ0) is 22.0. The standard InChI is InChI=1S/C25H22N4.C2H6/c1-15-7-9-17(10-8-15)23-24(18-11-13-19(26)14-12-18)29-25(28-23)22-16(2)27-21-6-4-3-5-20(21)22;1-2/h3-14,27H,26H2,1-2H3,(H,28,29);1-2H3. The van der Waals surface area contributed by atoms with Crippen molar-refractivity contribution in [2.45, 2.75) is 27.7 Å². The number of nitrogens with two attached hydrogens (primary N) is 1. The number of nitrogens with zero attached hydrogens (tertiary/aromatic N) is 1. The van der Waals surface area contributed by atoms with Crippen molar-refractivity contribution >= 4 is 16.6 Å². The first-order valence-electron chi connectivity index (χ1n) is 10.7. The van der Waals surface area contributed by atoms with E-state index < -0.39 is 0 Å². The first kappa shape index (κ1) is 20.5. The maximum Gasteiger partial charge on any atom is 0.140 e. The van der Waals surface area contributed by atoms with E-state index in [1.165, 1.54) is 5.56 Å². The molecule has 156 valence electrons. The van der Waals surface area contributed by atoms with Gasteiger partial charge in [-0.25, -0.2) is 4.98 Å². The Balaban J connectivity index is 0.00000112. The van der Waals surface area contributed by atoms with Gasteiger partial charge in [-0.3, -0.25) is 0 Å². The second kappa shape index (κ2) is 8.52. The van der Waals surface area contributed by atoms with E-state index in [-0.39, 0.29) is 0 Å². The van der Waals surface area contributed by atoms with Gasteiger partial charge in [0.05, 0.1) is 11.4 Å². The second-order valence-electron chi connectivity index (χ2n) is 7.47. The van der Waals surface area contributed by atoms with E-state index in [1.807, 2.05) is 44.2 Å². The molecular formula is C27H28N4. The summed E-state index contributed by atoms with van der Waals surface area (Å²) in [6.45, 7) is 8.19. The normalized spacial score (nSPS) is 10.7. The summed E-state index contributed by atoms with van der Waals surface area (Å²) < 4.78 is 0. The van der Waals surface area contributed by atoms with Crippen LogP contribution in [0.25, 0.3) is 44.8 Å². The summed E-state index contributed by atoms with van der Waals surface area (Å²) in [6.07, 6.45) is 0. The molecule has 4 N–H and O–H groups in total. The highest BCUT2D eigenvalue weighted by Crippen LogP contribution is 2.37. The Kier molecular flexibility index (Phi) is 5.63. The molecule has 5 rings (SSSR count). The molecular weight excluding hydrogens is 380 g/mol. The van der Waals surface area contributed by atoms with Gasteiger partial charge < -0.3 is 15.7 Å². The number of aromatic amines is 2. The van der Waals surface area contributed by atoms with Crippen molar-refractivity contribution in [3.05, 3.63) is 84.1 Å². The maximum absolute atomic E-state index is 5.90. The van der Waals surface area contributed by atoms with Crippen molar-refractivity contribution in [1.29, 1.82) is 0 Å². The summed E-state index contributed by atoms with van der Waals surface area (Å²) in [7, 11) is 0. The molecule has 0 atom stereocenters. The van der Waals surface area contributed by atoms with Crippen molar-refractivity contribution in [2.75, 3.05) is 5.73 Å². The Bertz CT molecular complexity index is 1240. The Labute approximate surface area is 183 Å². The van der Waals surface area contributed by atoms with E-state index in [0.29, 0.717) is 0 Å². The van der Waals surface area contributed by atoms with Crippen LogP contribution in [-0.4, -0.2) is 15.0 Å². The number of nitrogens with one attached hydrogen (secondary N) is 2. The third-order valence-corrected chi connectivity index (χ3v) is 5.36. The van der Waals surface area contributed by atoms with E-state index in [2.05, 4.69) is 66.3 Å². The first-order chi connectivity index (χ1) is 15.1. The summed E-state index contributed by atoms with van der Waals surface area (Å²) in [5, 5.41) is 1.16. The van der Waals surface area contributed by atoms with E-state index >= 15 is 0 Å². The van der Waals surface area contributed by atoms with Gasteiger partial charge in [-0.05, 0) is 32.0 Å². The van der Waals surface area contributed by atoms with E-state index in [4.69, 9.17) is 10.7 Å². The molecule has 31 heavy (non-hydrogen) atoms. The van der Waals surface area contributed by atoms with Gasteiger partial charge >= 0.3 is 0 Å². The minimum atomic E-state index is 0.744. The summed E-state index contributed by atoms with van der Waals surface area (Å²) in [4.78, 5) is 12.1. The van der Waals surface area contributed by atoms with Gasteiger partial charge in [-0.15, -0.1) is 0 Å². The number of imidazole rings is 1. The van der Waals surface area contributed by atoms with Crippen molar-refractivity contribution in [3.8, 4) is 33.9 Å². The van der Waals surface area contributed by atoms with Gasteiger partial charge in [-0.2, -0.15) is 0 Å². The smallest absolute Gasteiger partial charge is 0.140 e. The first-order valence-corrected chi connectivity index (χ1v) is 10.7. The van der Waals surface area contributed by atoms with E-state index in [9.17, 15) is 0 Å². The predicted octanol–water partition coefficient (Wildman–Crippen LogP) is 7.12. The molecule has 2 heterocycles. The molecule has 0 aliphatic heterocycles. The number of hydrogen-bond acceptors (Lipinski definition) is 2. The molecule has 0 radical (unpaired) electrons. The molecule has 0 saturated carbocycles. The molecule has 0 bridgehead atoms. The summed E-state index contributed by atoms with van der Waals surface area (Å²) in [6, 6.07) is 24.7. The molecule has 0 aliphatic rings. The number of anilines is 1. The van der Waals surface area contributed by atoms with Gasteiger partial charge in [0.15, 0.2) is 0 Å². The third kappa shape index (κ3) is 3.84. The van der Waals surface area contributed by atoms with Gasteiger partial charge in [0.1, 0.15) is 5.82 Å². The number of H-pyrrole nitrogens is 2. The Morgan fingerprint density at radius 3 is 2.10 bits per heavy atom. The van der Waals surface area contributed by atoms with Gasteiger partial charge in [-0.1, -0.05) is 74.0 Å². The molecule has 0 unspecified atom stereocenters. The minimum Gasteiger partial charge on any atom is -0.399 e. The predicted molar refractivity (Wildman–Crippen MR) is 132 cm³/mol. The Hall–Kier alpha value is -3.79. The van der Waals surface area contributed by atoms with Crippen molar-refractivity contribution < 1.29 is 0 Å². The average Bonchev–Trinajstić information content (AvgIpc) is 3.36. The highest BCUT2D eigenvalue weighted by Gasteiger charge is 2.19. The number of rotatable bonds is 3. The van der Waals surface area contributed by atoms with Crippen LogP contribution in [0, 0.1) is 13.8 Å². The molecule has 3 aromatic carbocycles. The summed E-state index contributed by atoms with van der Waals surface area (Å²) in [5.41, 5.74) is 15.3. The Morgan fingerprint density at radius 2 is 1.39 bits per heavy atom. The fraction of sp³-hybridized carbons (Fsp3) is 0.148. The van der Waals surface area contributed by atoms with Crippen molar-refractivity contribution in [2.24, 2.45) is 0 Å². The number of fused-ring (bicyclic) bond motifs is 1. The molecule has 0 aliphatic carbocycles. The SMILES string of the molecule is CC.Cc1ccc(-c2[nH]c(-c3c(C)[nH]c4ccccc34)nc2-c2ccc(N)cc2)cc1. The number of para-hydroxylation sites is 1. The summed E-state index contributed by atoms with van der Waals surface area (Å²) >= 11 is 0. The van der Waals surface area contributed by atoms with Gasteiger partial charge in [0.2, 0.25) is 0 Å². The Morgan fingerprint density at radius 1 is 0.742 bits per heavy atom.